The van der Waals surface area contributed by atoms with E-state index < -0.39 is 30.4 Å². The molecule has 214 valence electrons. The molecule has 1 aliphatic heterocycles. The van der Waals surface area contributed by atoms with Crippen LogP contribution in [0.15, 0.2) is 30.6 Å². The van der Waals surface area contributed by atoms with Crippen LogP contribution < -0.4 is 15.8 Å². The number of ether oxygens (including phenoxy) is 2. The minimum Gasteiger partial charge on any atom is -0.497 e. The van der Waals surface area contributed by atoms with E-state index in [0.717, 1.165) is 37.0 Å². The van der Waals surface area contributed by atoms with Crippen molar-refractivity contribution in [3.63, 3.8) is 0 Å². The Balaban J connectivity index is 1.21. The summed E-state index contributed by atoms with van der Waals surface area (Å²) in [5, 5.41) is 24.0. The number of benzene rings is 1. The molecule has 1 saturated heterocycles. The van der Waals surface area contributed by atoms with Crippen molar-refractivity contribution in [2.75, 3.05) is 19.4 Å². The molecule has 13 nitrogen and oxygen atoms in total. The van der Waals surface area contributed by atoms with Gasteiger partial charge in [-0.2, -0.15) is 0 Å². The van der Waals surface area contributed by atoms with Crippen LogP contribution in [0.3, 0.4) is 0 Å². The molecule has 2 saturated carbocycles. The van der Waals surface area contributed by atoms with Gasteiger partial charge in [-0.1, -0.05) is 18.1 Å². The highest BCUT2D eigenvalue weighted by Gasteiger charge is 2.48. The zero-order chi connectivity index (χ0) is 28.7. The minimum absolute atomic E-state index is 0.0241. The summed E-state index contributed by atoms with van der Waals surface area (Å²) < 4.78 is 12.4. The maximum absolute atomic E-state index is 12.9. The second-order valence-corrected chi connectivity index (χ2v) is 10.6. The van der Waals surface area contributed by atoms with Gasteiger partial charge in [-0.3, -0.25) is 14.2 Å². The predicted octanol–water partition coefficient (Wildman–Crippen LogP) is 0.105. The van der Waals surface area contributed by atoms with E-state index in [1.165, 1.54) is 10.9 Å². The fourth-order valence-electron chi connectivity index (χ4n) is 4.76. The number of carbonyl (C=O) groups excluding carboxylic acids is 2. The van der Waals surface area contributed by atoms with Gasteiger partial charge in [0.2, 0.25) is 11.7 Å². The maximum atomic E-state index is 12.9. The van der Waals surface area contributed by atoms with Crippen LogP contribution in [0.5, 0.6) is 5.75 Å². The lowest BCUT2D eigenvalue weighted by molar-refractivity contribution is -0.137. The van der Waals surface area contributed by atoms with Crippen molar-refractivity contribution in [1.29, 1.82) is 0 Å². The van der Waals surface area contributed by atoms with Crippen LogP contribution in [0.1, 0.15) is 43.3 Å². The molecule has 0 bridgehead atoms. The molecule has 3 aromatic rings. The topological polar surface area (TPSA) is 178 Å². The first-order chi connectivity index (χ1) is 19.8. The van der Waals surface area contributed by atoms with Crippen LogP contribution in [0, 0.1) is 17.8 Å². The van der Waals surface area contributed by atoms with Gasteiger partial charge in [0, 0.05) is 18.5 Å². The number of methoxy groups -OCH3 is 1. The van der Waals surface area contributed by atoms with Crippen LogP contribution in [-0.4, -0.2) is 84.5 Å². The zero-order valence-electron chi connectivity index (χ0n) is 22.4. The van der Waals surface area contributed by atoms with Gasteiger partial charge in [0.1, 0.15) is 23.5 Å². The highest BCUT2D eigenvalue weighted by molar-refractivity contribution is 5.84. The fraction of sp³-hybridized carbons (Fsp3) is 0.464. The number of rotatable bonds is 8. The molecular formula is C28H31N7O6. The highest BCUT2D eigenvalue weighted by Crippen LogP contribution is 2.33. The number of aliphatic hydroxyl groups excluding tert-OH is 2. The smallest absolute Gasteiger partial charge is 0.252 e. The summed E-state index contributed by atoms with van der Waals surface area (Å²) in [6.45, 7) is 0.563. The molecule has 41 heavy (non-hydrogen) atoms. The average molecular weight is 562 g/mol. The van der Waals surface area contributed by atoms with Gasteiger partial charge < -0.3 is 35.6 Å². The monoisotopic (exact) mass is 561 g/mol. The Morgan fingerprint density at radius 1 is 1.17 bits per heavy atom. The van der Waals surface area contributed by atoms with Crippen LogP contribution in [0.2, 0.25) is 0 Å². The molecule has 2 unspecified atom stereocenters. The zero-order valence-corrected chi connectivity index (χ0v) is 22.4. The lowest BCUT2D eigenvalue weighted by Crippen LogP contribution is -2.43. The third-order valence-corrected chi connectivity index (χ3v) is 7.38. The van der Waals surface area contributed by atoms with Gasteiger partial charge in [0.05, 0.1) is 20.0 Å². The number of nitrogens with one attached hydrogen (secondary N) is 1. The molecular weight excluding hydrogens is 530 g/mol. The van der Waals surface area contributed by atoms with Crippen molar-refractivity contribution < 1.29 is 29.3 Å². The lowest BCUT2D eigenvalue weighted by atomic mass is 10.1. The quantitative estimate of drug-likeness (QED) is 0.276. The number of aliphatic hydroxyl groups is 2. The molecule has 3 heterocycles. The summed E-state index contributed by atoms with van der Waals surface area (Å²) >= 11 is 0. The van der Waals surface area contributed by atoms with Crippen molar-refractivity contribution in [1.82, 2.24) is 29.7 Å². The number of amides is 2. The third-order valence-electron chi connectivity index (χ3n) is 7.38. The van der Waals surface area contributed by atoms with Crippen LogP contribution >= 0.6 is 0 Å². The van der Waals surface area contributed by atoms with Crippen molar-refractivity contribution in [3.8, 4) is 17.6 Å². The number of nitrogens with two attached hydrogens (primary N) is 1. The van der Waals surface area contributed by atoms with E-state index in [0.29, 0.717) is 6.54 Å². The van der Waals surface area contributed by atoms with Crippen molar-refractivity contribution in [2.45, 2.75) is 62.8 Å². The van der Waals surface area contributed by atoms with E-state index in [9.17, 15) is 19.8 Å². The van der Waals surface area contributed by atoms with Crippen molar-refractivity contribution in [3.05, 3.63) is 42.0 Å². The van der Waals surface area contributed by atoms with Gasteiger partial charge in [0.25, 0.3) is 5.91 Å². The fourth-order valence-corrected chi connectivity index (χ4v) is 4.76. The molecule has 13 heteroatoms. The second-order valence-electron chi connectivity index (χ2n) is 10.6. The number of anilines is 1. The van der Waals surface area contributed by atoms with Gasteiger partial charge in [-0.05, 0) is 49.3 Å². The van der Waals surface area contributed by atoms with Gasteiger partial charge >= 0.3 is 0 Å². The van der Waals surface area contributed by atoms with Gasteiger partial charge in [-0.25, -0.2) is 15.0 Å². The molecule has 6 rings (SSSR count). The van der Waals surface area contributed by atoms with E-state index in [2.05, 4.69) is 32.1 Å². The minimum atomic E-state index is -1.43. The van der Waals surface area contributed by atoms with E-state index in [1.54, 1.807) is 12.0 Å². The number of fused-ring (bicyclic) bond motifs is 1. The molecule has 2 aromatic heterocycles. The normalized spacial score (nSPS) is 23.6. The summed E-state index contributed by atoms with van der Waals surface area (Å²) in [5.41, 5.74) is 7.58. The Kier molecular flexibility index (Phi) is 7.21. The Hall–Kier alpha value is -4.25. The van der Waals surface area contributed by atoms with Gasteiger partial charge in [0.15, 0.2) is 23.8 Å². The number of aromatic nitrogens is 4. The Morgan fingerprint density at radius 2 is 1.93 bits per heavy atom. The van der Waals surface area contributed by atoms with Crippen molar-refractivity contribution in [2.24, 2.45) is 5.92 Å². The van der Waals surface area contributed by atoms with Crippen molar-refractivity contribution >= 4 is 28.8 Å². The average Bonchev–Trinajstić information content (AvgIpc) is 3.90. The second kappa shape index (κ2) is 11.0. The number of nitrogen functional groups attached to an aromatic ring is 1. The van der Waals surface area contributed by atoms with E-state index >= 15 is 0 Å². The Labute approximate surface area is 235 Å². The molecule has 3 fully saturated rings. The van der Waals surface area contributed by atoms with E-state index in [-0.39, 0.29) is 47.2 Å². The first-order valence-corrected chi connectivity index (χ1v) is 13.5. The molecule has 3 aliphatic rings. The van der Waals surface area contributed by atoms with Gasteiger partial charge in [-0.15, -0.1) is 0 Å². The Morgan fingerprint density at radius 3 is 2.61 bits per heavy atom. The van der Waals surface area contributed by atoms with E-state index in [4.69, 9.17) is 15.2 Å². The molecule has 2 aliphatic carbocycles. The highest BCUT2D eigenvalue weighted by atomic mass is 16.6. The molecule has 5 N–H and O–H groups in total. The van der Waals surface area contributed by atoms with E-state index in [1.807, 2.05) is 24.3 Å². The standard InChI is InChI=1S/C28H31N7O6/c1-40-18-10-4-15(5-11-18)13-34(27(39)16-6-7-16)12-2-3-19-32-24(29)20-25(33-19)35(14-30-20)28-22(37)21(36)23(41-28)26(38)31-17-8-9-17/h4-5,10-11,14,16-17,21-23,28,36-37H,6-9,12-13H2,1H3,(H,31,38)(H2,29,32,33)/t21-,22+,23?,28?/m0/s1. The number of hydrogen-bond acceptors (Lipinski definition) is 10. The number of nitrogens with zero attached hydrogens (tertiary/aromatic N) is 5. The number of carbonyl (C=O) groups is 2. The predicted molar refractivity (Wildman–Crippen MR) is 145 cm³/mol. The summed E-state index contributed by atoms with van der Waals surface area (Å²) in [6, 6.07) is 7.59. The molecule has 2 amide bonds. The molecule has 0 spiro atoms. The largest absolute Gasteiger partial charge is 0.497 e. The number of imidazole rings is 1. The summed E-state index contributed by atoms with van der Waals surface area (Å²) in [4.78, 5) is 40.1. The third kappa shape index (κ3) is 5.67. The van der Waals surface area contributed by atoms with Crippen LogP contribution in [-0.2, 0) is 20.9 Å². The Bertz CT molecular complexity index is 1520. The first kappa shape index (κ1) is 26.9. The SMILES string of the molecule is COc1ccc(CN(CC#Cc2nc(N)c3ncn(C4OC(C(=O)NC5CC5)[C@@H](O)[C@H]4O)c3n2)C(=O)C2CC2)cc1. The maximum Gasteiger partial charge on any atom is 0.252 e. The van der Waals surface area contributed by atoms with Crippen LogP contribution in [0.25, 0.3) is 11.2 Å². The molecule has 4 atom stereocenters. The summed E-state index contributed by atoms with van der Waals surface area (Å²) in [6.07, 6.45) is -0.357. The lowest BCUT2D eigenvalue weighted by Gasteiger charge is -2.20. The number of hydrogen-bond donors (Lipinski definition) is 4. The van der Waals surface area contributed by atoms with Crippen LogP contribution in [0.4, 0.5) is 5.82 Å². The first-order valence-electron chi connectivity index (χ1n) is 13.5. The summed E-state index contributed by atoms with van der Waals surface area (Å²) in [5.74, 6) is 6.37. The summed E-state index contributed by atoms with van der Waals surface area (Å²) in [7, 11) is 1.60. The molecule has 1 aromatic carbocycles. The molecule has 0 radical (unpaired) electrons.